The van der Waals surface area contributed by atoms with Gasteiger partial charge in [0.1, 0.15) is 0 Å². The highest BCUT2D eigenvalue weighted by atomic mass is 35.5. The van der Waals surface area contributed by atoms with E-state index in [4.69, 9.17) is 11.6 Å². The van der Waals surface area contributed by atoms with Gasteiger partial charge < -0.3 is 15.5 Å². The molecule has 0 atom stereocenters. The molecule has 0 unspecified atom stereocenters. The van der Waals surface area contributed by atoms with Crippen LogP contribution >= 0.6 is 11.6 Å². The van der Waals surface area contributed by atoms with Crippen LogP contribution in [0.4, 0.5) is 16.2 Å². The Bertz CT molecular complexity index is 828. The summed E-state index contributed by atoms with van der Waals surface area (Å²) in [5.41, 5.74) is 3.81. The van der Waals surface area contributed by atoms with Crippen molar-refractivity contribution in [2.24, 2.45) is 5.92 Å². The van der Waals surface area contributed by atoms with Crippen molar-refractivity contribution in [3.8, 4) is 0 Å². The molecule has 0 aliphatic carbocycles. The molecule has 0 aromatic heterocycles. The second-order valence-corrected chi connectivity index (χ2v) is 7.37. The third kappa shape index (κ3) is 4.80. The molecule has 27 heavy (non-hydrogen) atoms. The van der Waals surface area contributed by atoms with Crippen molar-refractivity contribution in [1.29, 1.82) is 0 Å². The van der Waals surface area contributed by atoms with E-state index >= 15 is 0 Å². The molecular weight excluding hydrogens is 362 g/mol. The van der Waals surface area contributed by atoms with Gasteiger partial charge in [-0.15, -0.1) is 0 Å². The van der Waals surface area contributed by atoms with Crippen LogP contribution in [-0.2, 0) is 4.79 Å². The van der Waals surface area contributed by atoms with Crippen LogP contribution in [0.3, 0.4) is 0 Å². The van der Waals surface area contributed by atoms with E-state index in [2.05, 4.69) is 10.6 Å². The second-order valence-electron chi connectivity index (χ2n) is 6.94. The van der Waals surface area contributed by atoms with Crippen LogP contribution in [-0.4, -0.2) is 29.9 Å². The summed E-state index contributed by atoms with van der Waals surface area (Å²) < 4.78 is 0. The Labute approximate surface area is 164 Å². The van der Waals surface area contributed by atoms with E-state index in [0.717, 1.165) is 16.8 Å². The first-order valence-corrected chi connectivity index (χ1v) is 9.50. The standard InChI is InChI=1S/C21H24ClN3O2/c1-14-4-3-5-19(15(14)2)24-20(26)16-10-12-25(13-11-16)21(27)23-18-8-6-17(22)7-9-18/h3-9,16H,10-13H2,1-2H3,(H,23,27)(H,24,26). The third-order valence-electron chi connectivity index (χ3n) is 5.11. The lowest BCUT2D eigenvalue weighted by molar-refractivity contribution is -0.121. The molecule has 2 aromatic rings. The number of nitrogens with zero attached hydrogens (tertiary/aromatic N) is 1. The number of rotatable bonds is 3. The summed E-state index contributed by atoms with van der Waals surface area (Å²) in [4.78, 5) is 26.7. The summed E-state index contributed by atoms with van der Waals surface area (Å²) in [6, 6.07) is 12.8. The average molecular weight is 386 g/mol. The van der Waals surface area contributed by atoms with E-state index in [9.17, 15) is 9.59 Å². The van der Waals surface area contributed by atoms with Crippen molar-refractivity contribution in [3.63, 3.8) is 0 Å². The molecule has 5 nitrogen and oxygen atoms in total. The SMILES string of the molecule is Cc1cccc(NC(=O)C2CCN(C(=O)Nc3ccc(Cl)cc3)CC2)c1C. The van der Waals surface area contributed by atoms with Gasteiger partial charge in [0.25, 0.3) is 0 Å². The Morgan fingerprint density at radius 1 is 1.00 bits per heavy atom. The number of urea groups is 1. The Hall–Kier alpha value is -2.53. The Balaban J connectivity index is 1.52. The molecule has 1 fully saturated rings. The zero-order valence-electron chi connectivity index (χ0n) is 15.6. The number of benzene rings is 2. The predicted molar refractivity (Wildman–Crippen MR) is 109 cm³/mol. The van der Waals surface area contributed by atoms with Crippen molar-refractivity contribution in [2.75, 3.05) is 23.7 Å². The van der Waals surface area contributed by atoms with E-state index < -0.39 is 0 Å². The minimum Gasteiger partial charge on any atom is -0.326 e. The third-order valence-corrected chi connectivity index (χ3v) is 5.36. The number of likely N-dealkylation sites (tertiary alicyclic amines) is 1. The second kappa shape index (κ2) is 8.44. The lowest BCUT2D eigenvalue weighted by Gasteiger charge is -2.31. The van der Waals surface area contributed by atoms with Gasteiger partial charge in [-0.25, -0.2) is 4.79 Å². The van der Waals surface area contributed by atoms with E-state index in [-0.39, 0.29) is 17.9 Å². The molecule has 1 heterocycles. The topological polar surface area (TPSA) is 61.4 Å². The quantitative estimate of drug-likeness (QED) is 0.794. The number of anilines is 2. The lowest BCUT2D eigenvalue weighted by atomic mass is 9.95. The van der Waals surface area contributed by atoms with E-state index in [0.29, 0.717) is 36.6 Å². The molecule has 3 rings (SSSR count). The van der Waals surface area contributed by atoms with Gasteiger partial charge in [0.2, 0.25) is 5.91 Å². The molecule has 1 aliphatic heterocycles. The molecule has 2 aromatic carbocycles. The number of carbonyl (C=O) groups excluding carboxylic acids is 2. The van der Waals surface area contributed by atoms with Gasteiger partial charge in [0.15, 0.2) is 0 Å². The van der Waals surface area contributed by atoms with Gasteiger partial charge in [0.05, 0.1) is 0 Å². The fourth-order valence-corrected chi connectivity index (χ4v) is 3.33. The highest BCUT2D eigenvalue weighted by Gasteiger charge is 2.27. The van der Waals surface area contributed by atoms with Crippen molar-refractivity contribution < 1.29 is 9.59 Å². The van der Waals surface area contributed by atoms with Crippen LogP contribution in [0, 0.1) is 19.8 Å². The number of piperidine rings is 1. The zero-order valence-corrected chi connectivity index (χ0v) is 16.3. The van der Waals surface area contributed by atoms with Gasteiger partial charge in [-0.2, -0.15) is 0 Å². The fraction of sp³-hybridized carbons (Fsp3) is 0.333. The normalized spacial score (nSPS) is 14.7. The predicted octanol–water partition coefficient (Wildman–Crippen LogP) is 4.84. The van der Waals surface area contributed by atoms with Gasteiger partial charge in [-0.05, 0) is 68.1 Å². The van der Waals surface area contributed by atoms with Gasteiger partial charge >= 0.3 is 6.03 Å². The highest BCUT2D eigenvalue weighted by molar-refractivity contribution is 6.30. The van der Waals surface area contributed by atoms with Crippen molar-refractivity contribution in [3.05, 3.63) is 58.6 Å². The molecule has 1 saturated heterocycles. The molecule has 0 spiro atoms. The lowest BCUT2D eigenvalue weighted by Crippen LogP contribution is -2.43. The summed E-state index contributed by atoms with van der Waals surface area (Å²) in [6.45, 7) is 5.16. The minimum atomic E-state index is -0.147. The summed E-state index contributed by atoms with van der Waals surface area (Å²) in [7, 11) is 0. The molecule has 1 aliphatic rings. The number of nitrogens with one attached hydrogen (secondary N) is 2. The Morgan fingerprint density at radius 3 is 2.33 bits per heavy atom. The fourth-order valence-electron chi connectivity index (χ4n) is 3.20. The van der Waals surface area contributed by atoms with Crippen LogP contribution in [0.1, 0.15) is 24.0 Å². The van der Waals surface area contributed by atoms with Crippen molar-refractivity contribution >= 4 is 34.9 Å². The first kappa shape index (κ1) is 19.2. The van der Waals surface area contributed by atoms with E-state index in [1.807, 2.05) is 32.0 Å². The molecule has 0 saturated carbocycles. The maximum Gasteiger partial charge on any atom is 0.321 e. The molecule has 2 N–H and O–H groups in total. The van der Waals surface area contributed by atoms with Crippen LogP contribution in [0.25, 0.3) is 0 Å². The van der Waals surface area contributed by atoms with Crippen molar-refractivity contribution in [2.45, 2.75) is 26.7 Å². The highest BCUT2D eigenvalue weighted by Crippen LogP contribution is 2.23. The summed E-state index contributed by atoms with van der Waals surface area (Å²) in [5.74, 6) is -0.0500. The first-order valence-electron chi connectivity index (χ1n) is 9.12. The number of halogens is 1. The Kier molecular flexibility index (Phi) is 6.01. The Morgan fingerprint density at radius 2 is 1.67 bits per heavy atom. The van der Waals surface area contributed by atoms with Gasteiger partial charge in [0, 0.05) is 35.4 Å². The molecular formula is C21H24ClN3O2. The van der Waals surface area contributed by atoms with E-state index in [1.54, 1.807) is 29.2 Å². The maximum absolute atomic E-state index is 12.6. The molecule has 6 heteroatoms. The van der Waals surface area contributed by atoms with Gasteiger partial charge in [-0.3, -0.25) is 4.79 Å². The number of aryl methyl sites for hydroxylation is 1. The largest absolute Gasteiger partial charge is 0.326 e. The number of hydrogen-bond donors (Lipinski definition) is 2. The molecule has 3 amide bonds. The number of carbonyl (C=O) groups is 2. The zero-order chi connectivity index (χ0) is 19.4. The average Bonchev–Trinajstić information content (AvgIpc) is 2.67. The summed E-state index contributed by atoms with van der Waals surface area (Å²) >= 11 is 5.86. The summed E-state index contributed by atoms with van der Waals surface area (Å²) in [6.07, 6.45) is 1.31. The molecule has 0 bridgehead atoms. The molecule has 0 radical (unpaired) electrons. The van der Waals surface area contributed by atoms with Crippen LogP contribution < -0.4 is 10.6 Å². The summed E-state index contributed by atoms with van der Waals surface area (Å²) in [5, 5.41) is 6.53. The van der Waals surface area contributed by atoms with E-state index in [1.165, 1.54) is 0 Å². The maximum atomic E-state index is 12.6. The monoisotopic (exact) mass is 385 g/mol. The van der Waals surface area contributed by atoms with Crippen LogP contribution in [0.5, 0.6) is 0 Å². The van der Waals surface area contributed by atoms with Gasteiger partial charge in [-0.1, -0.05) is 23.7 Å². The minimum absolute atomic E-state index is 0.0291. The number of amides is 3. The van der Waals surface area contributed by atoms with Crippen molar-refractivity contribution in [1.82, 2.24) is 4.90 Å². The van der Waals surface area contributed by atoms with Crippen LogP contribution in [0.15, 0.2) is 42.5 Å². The smallest absolute Gasteiger partial charge is 0.321 e. The first-order chi connectivity index (χ1) is 12.9. The molecule has 142 valence electrons. The van der Waals surface area contributed by atoms with Crippen LogP contribution in [0.2, 0.25) is 5.02 Å². The number of hydrogen-bond acceptors (Lipinski definition) is 2.